The molecule has 2 aliphatic rings. The molecule has 2 aromatic carbocycles. The van der Waals surface area contributed by atoms with Gasteiger partial charge in [-0.25, -0.2) is 0 Å². The maximum Gasteiger partial charge on any atom is 0.416 e. The van der Waals surface area contributed by atoms with E-state index in [4.69, 9.17) is 4.74 Å². The standard InChI is InChI=1S/C29H33F3N4O4/c1-2-40-25-18-36(23-9-11-28(39,12-10-23)21-7-3-5-19(13-21)15-33)17-24(25)35-26(37)16-34-27(38)20-6-4-8-22(14-20)29(30,31)32/h3-8,13-14,23-25,39H,2,9-12,16-18H2,1H3,(H,34,38)(H,35,37)/t23?,24-,25-,28?/m0/s1. The molecule has 0 aromatic heterocycles. The lowest BCUT2D eigenvalue weighted by molar-refractivity contribution is -0.137. The quantitative estimate of drug-likeness (QED) is 0.458. The molecule has 2 amide bonds. The molecule has 1 heterocycles. The average Bonchev–Trinajstić information content (AvgIpc) is 3.33. The van der Waals surface area contributed by atoms with Crippen molar-refractivity contribution in [2.75, 3.05) is 26.2 Å². The first kappa shape index (κ1) is 29.5. The molecule has 1 saturated carbocycles. The summed E-state index contributed by atoms with van der Waals surface area (Å²) >= 11 is 0. The van der Waals surface area contributed by atoms with E-state index in [1.807, 2.05) is 13.0 Å². The Hall–Kier alpha value is -3.46. The number of nitriles is 1. The van der Waals surface area contributed by atoms with Crippen molar-refractivity contribution >= 4 is 11.8 Å². The van der Waals surface area contributed by atoms with Gasteiger partial charge in [-0.3, -0.25) is 14.5 Å². The van der Waals surface area contributed by atoms with Crippen LogP contribution in [0.2, 0.25) is 0 Å². The van der Waals surface area contributed by atoms with E-state index in [0.717, 1.165) is 36.6 Å². The minimum absolute atomic E-state index is 0.182. The molecule has 40 heavy (non-hydrogen) atoms. The van der Waals surface area contributed by atoms with Crippen LogP contribution < -0.4 is 10.6 Å². The predicted octanol–water partition coefficient (Wildman–Crippen LogP) is 3.34. The van der Waals surface area contributed by atoms with Crippen LogP contribution in [-0.4, -0.2) is 66.2 Å². The van der Waals surface area contributed by atoms with E-state index < -0.39 is 29.2 Å². The molecule has 11 heteroatoms. The van der Waals surface area contributed by atoms with E-state index in [-0.39, 0.29) is 30.3 Å². The van der Waals surface area contributed by atoms with Crippen molar-refractivity contribution in [3.63, 3.8) is 0 Å². The molecule has 3 N–H and O–H groups in total. The van der Waals surface area contributed by atoms with Crippen LogP contribution in [0.3, 0.4) is 0 Å². The van der Waals surface area contributed by atoms with Crippen LogP contribution in [0, 0.1) is 11.3 Å². The fraction of sp³-hybridized carbons (Fsp3) is 0.483. The summed E-state index contributed by atoms with van der Waals surface area (Å²) < 4.78 is 44.7. The number of nitrogens with zero attached hydrogens (tertiary/aromatic N) is 2. The molecule has 214 valence electrons. The number of benzene rings is 2. The highest BCUT2D eigenvalue weighted by molar-refractivity contribution is 5.96. The van der Waals surface area contributed by atoms with Gasteiger partial charge < -0.3 is 20.5 Å². The average molecular weight is 559 g/mol. The van der Waals surface area contributed by atoms with Gasteiger partial charge in [0.1, 0.15) is 0 Å². The first-order valence-corrected chi connectivity index (χ1v) is 13.4. The van der Waals surface area contributed by atoms with Crippen molar-refractivity contribution in [3.8, 4) is 6.07 Å². The van der Waals surface area contributed by atoms with Crippen molar-refractivity contribution < 1.29 is 32.6 Å². The zero-order valence-electron chi connectivity index (χ0n) is 22.2. The van der Waals surface area contributed by atoms with Gasteiger partial charge in [0.15, 0.2) is 0 Å². The number of carbonyl (C=O) groups is 2. The molecule has 0 unspecified atom stereocenters. The molecule has 8 nitrogen and oxygen atoms in total. The topological polar surface area (TPSA) is 115 Å². The molecule has 4 rings (SSSR count). The van der Waals surface area contributed by atoms with Crippen LogP contribution in [0.25, 0.3) is 0 Å². The van der Waals surface area contributed by atoms with E-state index >= 15 is 0 Å². The first-order chi connectivity index (χ1) is 19.0. The highest BCUT2D eigenvalue weighted by Crippen LogP contribution is 2.39. The summed E-state index contributed by atoms with van der Waals surface area (Å²) in [5.41, 5.74) is -0.855. The Balaban J connectivity index is 1.31. The smallest absolute Gasteiger partial charge is 0.385 e. The Kier molecular flexibility index (Phi) is 9.13. The summed E-state index contributed by atoms with van der Waals surface area (Å²) in [5.74, 6) is -1.24. The minimum atomic E-state index is -4.57. The molecule has 0 bridgehead atoms. The van der Waals surface area contributed by atoms with Crippen molar-refractivity contribution in [2.24, 2.45) is 0 Å². The van der Waals surface area contributed by atoms with Gasteiger partial charge in [0.05, 0.1) is 41.5 Å². The van der Waals surface area contributed by atoms with E-state index in [9.17, 15) is 33.1 Å². The van der Waals surface area contributed by atoms with E-state index in [1.54, 1.807) is 18.2 Å². The van der Waals surface area contributed by atoms with E-state index in [0.29, 0.717) is 38.1 Å². The monoisotopic (exact) mass is 558 g/mol. The Morgan fingerprint density at radius 2 is 1.88 bits per heavy atom. The lowest BCUT2D eigenvalue weighted by atomic mass is 9.77. The van der Waals surface area contributed by atoms with E-state index in [2.05, 4.69) is 21.6 Å². The predicted molar refractivity (Wildman–Crippen MR) is 140 cm³/mol. The van der Waals surface area contributed by atoms with Gasteiger partial charge in [-0.2, -0.15) is 18.4 Å². The number of nitrogens with one attached hydrogen (secondary N) is 2. The summed E-state index contributed by atoms with van der Waals surface area (Å²) in [6.45, 7) is 3.07. The van der Waals surface area contributed by atoms with Crippen molar-refractivity contribution in [1.29, 1.82) is 5.26 Å². The van der Waals surface area contributed by atoms with Crippen LogP contribution in [-0.2, 0) is 21.3 Å². The zero-order valence-corrected chi connectivity index (χ0v) is 22.2. The summed E-state index contributed by atoms with van der Waals surface area (Å²) in [6, 6.07) is 13.1. The SMILES string of the molecule is CCO[C@H]1CN(C2CCC(O)(c3cccc(C#N)c3)CC2)C[C@@H]1NC(=O)CNC(=O)c1cccc(C(F)(F)F)c1. The Labute approximate surface area is 231 Å². The van der Waals surface area contributed by atoms with Gasteiger partial charge in [0, 0.05) is 31.3 Å². The third kappa shape index (κ3) is 6.99. The van der Waals surface area contributed by atoms with Gasteiger partial charge in [0.25, 0.3) is 5.91 Å². The molecule has 2 atom stereocenters. The number of hydrogen-bond acceptors (Lipinski definition) is 6. The number of aliphatic hydroxyl groups is 1. The van der Waals surface area contributed by atoms with Crippen LogP contribution in [0.15, 0.2) is 48.5 Å². The number of hydrogen-bond donors (Lipinski definition) is 3. The van der Waals surface area contributed by atoms with Gasteiger partial charge >= 0.3 is 6.18 Å². The molecule has 0 radical (unpaired) electrons. The summed E-state index contributed by atoms with van der Waals surface area (Å²) in [5, 5.41) is 25.8. The number of rotatable bonds is 8. The number of alkyl halides is 3. The highest BCUT2D eigenvalue weighted by atomic mass is 19.4. The zero-order chi connectivity index (χ0) is 28.9. The molecule has 2 aromatic rings. The lowest BCUT2D eigenvalue weighted by Crippen LogP contribution is -2.48. The molecule has 0 spiro atoms. The third-order valence-corrected chi connectivity index (χ3v) is 7.71. The molecule has 1 aliphatic heterocycles. The van der Waals surface area contributed by atoms with Crippen LogP contribution >= 0.6 is 0 Å². The largest absolute Gasteiger partial charge is 0.416 e. The molecule has 2 fully saturated rings. The Bertz CT molecular complexity index is 1250. The molecule has 1 saturated heterocycles. The number of halogens is 3. The second-order valence-corrected chi connectivity index (χ2v) is 10.3. The Morgan fingerprint density at radius 1 is 1.15 bits per heavy atom. The third-order valence-electron chi connectivity index (χ3n) is 7.71. The maximum atomic E-state index is 12.9. The van der Waals surface area contributed by atoms with Gasteiger partial charge in [0.2, 0.25) is 5.91 Å². The van der Waals surface area contributed by atoms with Crippen molar-refractivity contribution in [3.05, 3.63) is 70.8 Å². The summed E-state index contributed by atoms with van der Waals surface area (Å²) in [6.07, 6.45) is -2.28. The normalized spacial score (nSPS) is 25.2. The fourth-order valence-corrected chi connectivity index (χ4v) is 5.59. The van der Waals surface area contributed by atoms with E-state index in [1.165, 1.54) is 6.07 Å². The number of carbonyl (C=O) groups excluding carboxylic acids is 2. The van der Waals surface area contributed by atoms with Crippen molar-refractivity contribution in [1.82, 2.24) is 15.5 Å². The molecular weight excluding hydrogens is 525 g/mol. The van der Waals surface area contributed by atoms with Crippen LogP contribution in [0.4, 0.5) is 13.2 Å². The lowest BCUT2D eigenvalue weighted by Gasteiger charge is -2.40. The fourth-order valence-electron chi connectivity index (χ4n) is 5.59. The maximum absolute atomic E-state index is 12.9. The molecular formula is C29H33F3N4O4. The van der Waals surface area contributed by atoms with Crippen LogP contribution in [0.1, 0.15) is 59.7 Å². The van der Waals surface area contributed by atoms with Gasteiger partial charge in [-0.05, 0) is 68.5 Å². The van der Waals surface area contributed by atoms with Gasteiger partial charge in [-0.1, -0.05) is 18.2 Å². The highest BCUT2D eigenvalue weighted by Gasteiger charge is 2.42. The summed E-state index contributed by atoms with van der Waals surface area (Å²) in [7, 11) is 0. The minimum Gasteiger partial charge on any atom is -0.385 e. The Morgan fingerprint density at radius 3 is 2.55 bits per heavy atom. The number of likely N-dealkylation sites (tertiary alicyclic amines) is 1. The molecule has 1 aliphatic carbocycles. The second-order valence-electron chi connectivity index (χ2n) is 10.3. The second kappa shape index (κ2) is 12.4. The number of ether oxygens (including phenoxy) is 1. The first-order valence-electron chi connectivity index (χ1n) is 13.4. The van der Waals surface area contributed by atoms with Gasteiger partial charge in [-0.15, -0.1) is 0 Å². The van der Waals surface area contributed by atoms with Crippen molar-refractivity contribution in [2.45, 2.75) is 62.6 Å². The number of amides is 2. The summed E-state index contributed by atoms with van der Waals surface area (Å²) in [4.78, 5) is 27.3. The van der Waals surface area contributed by atoms with Crippen LogP contribution in [0.5, 0.6) is 0 Å².